The molecule has 0 fully saturated rings. The van der Waals surface area contributed by atoms with E-state index in [-0.39, 0.29) is 12.4 Å². The monoisotopic (exact) mass is 124 g/mol. The molecule has 5 heteroatoms. The molecule has 0 aliphatic rings. The van der Waals surface area contributed by atoms with Gasteiger partial charge in [-0.1, -0.05) is 5.16 Å². The van der Waals surface area contributed by atoms with Crippen LogP contribution < -0.4 is 5.73 Å². The van der Waals surface area contributed by atoms with Crippen LogP contribution in [-0.4, -0.2) is 10.1 Å². The maximum Gasteiger partial charge on any atom is 0.318 e. The van der Waals surface area contributed by atoms with Crippen LogP contribution in [-0.2, 0) is 6.42 Å². The van der Waals surface area contributed by atoms with Crippen molar-refractivity contribution in [3.8, 4) is 6.07 Å². The summed E-state index contributed by atoms with van der Waals surface area (Å²) in [6.07, 6.45) is 0.140. The Kier molecular flexibility index (Phi) is 1.32. The second-order valence-electron chi connectivity index (χ2n) is 1.38. The minimum atomic E-state index is 0.000231. The number of aromatic nitrogens is 2. The van der Waals surface area contributed by atoms with Crippen molar-refractivity contribution in [3.63, 3.8) is 0 Å². The predicted molar refractivity (Wildman–Crippen MR) is 28.0 cm³/mol. The van der Waals surface area contributed by atoms with Gasteiger partial charge in [0.25, 0.3) is 0 Å². The lowest BCUT2D eigenvalue weighted by Crippen LogP contribution is -1.85. The summed E-state index contributed by atoms with van der Waals surface area (Å²) in [5.41, 5.74) is 5.06. The summed E-state index contributed by atoms with van der Waals surface area (Å²) in [6, 6.07) is 1.86. The van der Waals surface area contributed by atoms with E-state index in [2.05, 4.69) is 14.7 Å². The third-order valence-electron chi connectivity index (χ3n) is 0.721. The van der Waals surface area contributed by atoms with Crippen molar-refractivity contribution in [2.45, 2.75) is 6.42 Å². The summed E-state index contributed by atoms with van der Waals surface area (Å²) in [6.45, 7) is 0. The molecule has 0 aliphatic carbocycles. The average molecular weight is 124 g/mol. The van der Waals surface area contributed by atoms with E-state index in [0.717, 1.165) is 0 Å². The number of rotatable bonds is 1. The maximum absolute atomic E-state index is 8.12. The molecule has 9 heavy (non-hydrogen) atoms. The molecule has 1 heterocycles. The second-order valence-corrected chi connectivity index (χ2v) is 1.38. The van der Waals surface area contributed by atoms with E-state index in [4.69, 9.17) is 11.0 Å². The van der Waals surface area contributed by atoms with Crippen LogP contribution in [0.3, 0.4) is 0 Å². The van der Waals surface area contributed by atoms with Crippen molar-refractivity contribution in [3.05, 3.63) is 5.82 Å². The lowest BCUT2D eigenvalue weighted by Gasteiger charge is -1.71. The Morgan fingerprint density at radius 1 is 1.78 bits per heavy atom. The lowest BCUT2D eigenvalue weighted by atomic mass is 10.5. The van der Waals surface area contributed by atoms with Crippen LogP contribution in [0.5, 0.6) is 0 Å². The molecule has 1 rings (SSSR count). The second kappa shape index (κ2) is 2.13. The normalized spacial score (nSPS) is 8.78. The molecule has 2 N–H and O–H groups in total. The van der Waals surface area contributed by atoms with E-state index in [1.54, 1.807) is 0 Å². The fourth-order valence-electron chi connectivity index (χ4n) is 0.410. The third-order valence-corrected chi connectivity index (χ3v) is 0.721. The van der Waals surface area contributed by atoms with Crippen LogP contribution in [0.25, 0.3) is 0 Å². The number of hydrogen-bond acceptors (Lipinski definition) is 5. The largest absolute Gasteiger partial charge is 0.351 e. The molecule has 46 valence electrons. The molecule has 1 aromatic rings. The molecule has 0 aromatic carbocycles. The molecule has 0 bridgehead atoms. The first-order valence-electron chi connectivity index (χ1n) is 2.28. The number of nitriles is 1. The van der Waals surface area contributed by atoms with Crippen LogP contribution in [0.1, 0.15) is 5.82 Å². The zero-order valence-corrected chi connectivity index (χ0v) is 4.53. The number of nitrogens with two attached hydrogens (primary N) is 1. The van der Waals surface area contributed by atoms with Crippen molar-refractivity contribution >= 4 is 6.01 Å². The SMILES string of the molecule is N#CCc1noc(N)n1. The van der Waals surface area contributed by atoms with Crippen molar-refractivity contribution in [2.75, 3.05) is 5.73 Å². The van der Waals surface area contributed by atoms with Gasteiger partial charge in [-0.2, -0.15) is 10.2 Å². The van der Waals surface area contributed by atoms with E-state index >= 15 is 0 Å². The van der Waals surface area contributed by atoms with Gasteiger partial charge in [0.2, 0.25) is 0 Å². The van der Waals surface area contributed by atoms with Crippen molar-refractivity contribution in [1.29, 1.82) is 5.26 Å². The Bertz CT molecular complexity index is 235. The van der Waals surface area contributed by atoms with Crippen LogP contribution in [0.15, 0.2) is 4.52 Å². The Morgan fingerprint density at radius 2 is 2.56 bits per heavy atom. The number of hydrogen-bond donors (Lipinski definition) is 1. The highest BCUT2D eigenvalue weighted by Crippen LogP contribution is 1.96. The van der Waals surface area contributed by atoms with E-state index in [0.29, 0.717) is 5.82 Å². The predicted octanol–water partition coefficient (Wildman–Crippen LogP) is -0.282. The topological polar surface area (TPSA) is 88.7 Å². The van der Waals surface area contributed by atoms with Gasteiger partial charge in [0, 0.05) is 0 Å². The van der Waals surface area contributed by atoms with Crippen LogP contribution in [0.2, 0.25) is 0 Å². The zero-order chi connectivity index (χ0) is 6.69. The van der Waals surface area contributed by atoms with E-state index < -0.39 is 0 Å². The van der Waals surface area contributed by atoms with Gasteiger partial charge in [0.05, 0.1) is 12.5 Å². The fourth-order valence-corrected chi connectivity index (χ4v) is 0.410. The minimum absolute atomic E-state index is 0.000231. The van der Waals surface area contributed by atoms with Crippen molar-refractivity contribution in [1.82, 2.24) is 10.1 Å². The number of nitrogen functional groups attached to an aromatic ring is 1. The minimum Gasteiger partial charge on any atom is -0.351 e. The van der Waals surface area contributed by atoms with Gasteiger partial charge in [-0.3, -0.25) is 0 Å². The first kappa shape index (κ1) is 5.56. The summed E-state index contributed by atoms with van der Waals surface area (Å²) < 4.78 is 4.38. The van der Waals surface area contributed by atoms with Gasteiger partial charge in [0.1, 0.15) is 0 Å². The summed E-state index contributed by atoms with van der Waals surface area (Å²) >= 11 is 0. The summed E-state index contributed by atoms with van der Waals surface area (Å²) in [7, 11) is 0. The van der Waals surface area contributed by atoms with Gasteiger partial charge in [-0.25, -0.2) is 0 Å². The van der Waals surface area contributed by atoms with Crippen molar-refractivity contribution < 1.29 is 4.52 Å². The Labute approximate surface area is 51.1 Å². The number of anilines is 1. The van der Waals surface area contributed by atoms with Gasteiger partial charge < -0.3 is 10.3 Å². The van der Waals surface area contributed by atoms with Crippen LogP contribution in [0.4, 0.5) is 6.01 Å². The van der Waals surface area contributed by atoms with Gasteiger partial charge >= 0.3 is 6.01 Å². The van der Waals surface area contributed by atoms with Gasteiger partial charge in [-0.15, -0.1) is 0 Å². The van der Waals surface area contributed by atoms with Gasteiger partial charge in [-0.05, 0) is 0 Å². The molecule has 0 unspecified atom stereocenters. The molecular weight excluding hydrogens is 120 g/mol. The Morgan fingerprint density at radius 3 is 3.00 bits per heavy atom. The van der Waals surface area contributed by atoms with E-state index in [9.17, 15) is 0 Å². The molecule has 0 saturated carbocycles. The Hall–Kier alpha value is -1.57. The van der Waals surface area contributed by atoms with Crippen molar-refractivity contribution in [2.24, 2.45) is 0 Å². The molecule has 0 atom stereocenters. The molecule has 0 saturated heterocycles. The van der Waals surface area contributed by atoms with Crippen LogP contribution in [0, 0.1) is 11.3 Å². The fraction of sp³-hybridized carbons (Fsp3) is 0.250. The molecular formula is C4H4N4O. The highest BCUT2D eigenvalue weighted by atomic mass is 16.5. The molecule has 5 nitrogen and oxygen atoms in total. The third kappa shape index (κ3) is 1.16. The number of nitrogens with zero attached hydrogens (tertiary/aromatic N) is 3. The van der Waals surface area contributed by atoms with Crippen LogP contribution >= 0.6 is 0 Å². The highest BCUT2D eigenvalue weighted by molar-refractivity contribution is 5.08. The Balaban J connectivity index is 2.76. The average Bonchev–Trinajstić information content (AvgIpc) is 2.17. The summed E-state index contributed by atoms with van der Waals surface area (Å²) in [5.74, 6) is 0.329. The lowest BCUT2D eigenvalue weighted by molar-refractivity contribution is 0.428. The molecule has 0 radical (unpaired) electrons. The first-order valence-corrected chi connectivity index (χ1v) is 2.28. The maximum atomic E-state index is 8.12. The summed E-state index contributed by atoms with van der Waals surface area (Å²) in [5, 5.41) is 11.5. The molecule has 0 aliphatic heterocycles. The zero-order valence-electron chi connectivity index (χ0n) is 4.53. The van der Waals surface area contributed by atoms with E-state index in [1.165, 1.54) is 0 Å². The molecule has 1 aromatic heterocycles. The smallest absolute Gasteiger partial charge is 0.318 e. The quantitative estimate of drug-likeness (QED) is 0.556. The standard InChI is InChI=1S/C4H4N4O/c5-2-1-3-7-4(6)9-8-3/h1H2,(H2,6,7,8). The first-order chi connectivity index (χ1) is 4.33. The highest BCUT2D eigenvalue weighted by Gasteiger charge is 1.98. The molecule has 0 spiro atoms. The summed E-state index contributed by atoms with van der Waals surface area (Å²) in [4.78, 5) is 3.58. The van der Waals surface area contributed by atoms with Gasteiger partial charge in [0.15, 0.2) is 5.82 Å². The van der Waals surface area contributed by atoms with E-state index in [1.807, 2.05) is 6.07 Å². The molecule has 0 amide bonds.